The highest BCUT2D eigenvalue weighted by Crippen LogP contribution is 2.57. The van der Waals surface area contributed by atoms with Crippen LogP contribution in [0.4, 0.5) is 5.95 Å². The summed E-state index contributed by atoms with van der Waals surface area (Å²) in [6.45, 7) is -1.02. The van der Waals surface area contributed by atoms with Gasteiger partial charge < -0.3 is 36.2 Å². The average molecular weight is 485 g/mol. The van der Waals surface area contributed by atoms with Gasteiger partial charge in [0.25, 0.3) is 5.56 Å². The van der Waals surface area contributed by atoms with Gasteiger partial charge in [0.15, 0.2) is 17.4 Å². The normalized spacial score (nSPS) is 27.9. The van der Waals surface area contributed by atoms with Gasteiger partial charge in [0.2, 0.25) is 5.95 Å². The molecule has 3 heterocycles. The van der Waals surface area contributed by atoms with E-state index in [1.807, 2.05) is 5.09 Å². The number of phosphoric acid groups is 1. The van der Waals surface area contributed by atoms with E-state index in [-0.39, 0.29) is 30.2 Å². The van der Waals surface area contributed by atoms with Crippen LogP contribution >= 0.6 is 15.6 Å². The molecule has 0 aromatic carbocycles. The molecule has 174 valence electrons. The summed E-state index contributed by atoms with van der Waals surface area (Å²) in [6.07, 6.45) is -4.74. The molecule has 19 heteroatoms. The Balaban J connectivity index is 1.71. The number of fused-ring (bicyclic) bond motifs is 1. The maximum atomic E-state index is 11.9. The Bertz CT molecular complexity index is 1090. The van der Waals surface area contributed by atoms with E-state index >= 15 is 0 Å². The number of nitrogen functional groups attached to an aromatic ring is 1. The van der Waals surface area contributed by atoms with Crippen molar-refractivity contribution in [3.05, 3.63) is 16.7 Å². The quantitative estimate of drug-likeness (QED) is 0.165. The minimum atomic E-state index is -5.07. The fraction of sp³-hybridized carbons (Fsp3) is 0.583. The average Bonchev–Trinajstić information content (AvgIpc) is 3.20. The summed E-state index contributed by atoms with van der Waals surface area (Å²) in [5, 5.41) is 22.5. The van der Waals surface area contributed by atoms with Gasteiger partial charge >= 0.3 is 15.6 Å². The van der Waals surface area contributed by atoms with Crippen molar-refractivity contribution in [2.75, 3.05) is 25.4 Å². The summed E-state index contributed by atoms with van der Waals surface area (Å²) in [6, 6.07) is 0. The number of hydrogen-bond donors (Lipinski definition) is 8. The van der Waals surface area contributed by atoms with Crippen LogP contribution < -0.4 is 22.1 Å². The lowest BCUT2D eigenvalue weighted by Crippen LogP contribution is -2.33. The van der Waals surface area contributed by atoms with Gasteiger partial charge in [0.05, 0.1) is 12.9 Å². The maximum Gasteiger partial charge on any atom is 0.480 e. The molecule has 2 aromatic heterocycles. The SMILES string of the molecule is NCCNP(=O)(O)OP(=O)(O)OCC1OC(n2cnc3c(=O)[nH]c(N)nc32)C(O)C1O. The lowest BCUT2D eigenvalue weighted by Gasteiger charge is -2.19. The van der Waals surface area contributed by atoms with E-state index in [1.54, 1.807) is 0 Å². The second-order valence-electron chi connectivity index (χ2n) is 6.38. The number of nitrogens with one attached hydrogen (secondary N) is 2. The van der Waals surface area contributed by atoms with Crippen LogP contribution in [0, 0.1) is 0 Å². The maximum absolute atomic E-state index is 11.9. The zero-order valence-corrected chi connectivity index (χ0v) is 17.4. The smallest absolute Gasteiger partial charge is 0.387 e. The zero-order valence-electron chi connectivity index (χ0n) is 15.6. The Morgan fingerprint density at radius 1 is 1.32 bits per heavy atom. The first-order valence-electron chi connectivity index (χ1n) is 8.64. The molecular weight excluding hydrogens is 464 g/mol. The number of phosphoric ester groups is 1. The minimum Gasteiger partial charge on any atom is -0.387 e. The van der Waals surface area contributed by atoms with E-state index < -0.39 is 52.3 Å². The monoisotopic (exact) mass is 485 g/mol. The number of aliphatic hydroxyl groups excluding tert-OH is 2. The molecule has 1 aliphatic rings. The van der Waals surface area contributed by atoms with Crippen molar-refractivity contribution in [3.63, 3.8) is 0 Å². The van der Waals surface area contributed by atoms with Crippen LogP contribution in [0.3, 0.4) is 0 Å². The number of aliphatic hydroxyl groups is 2. The number of H-pyrrole nitrogens is 1. The van der Waals surface area contributed by atoms with Crippen LogP contribution in [0.5, 0.6) is 0 Å². The number of nitrogens with zero attached hydrogens (tertiary/aromatic N) is 3. The van der Waals surface area contributed by atoms with Crippen molar-refractivity contribution < 1.29 is 42.7 Å². The molecule has 0 aliphatic carbocycles. The molecule has 6 atom stereocenters. The minimum absolute atomic E-state index is 0.0394. The van der Waals surface area contributed by atoms with Gasteiger partial charge in [-0.15, -0.1) is 0 Å². The van der Waals surface area contributed by atoms with E-state index in [1.165, 1.54) is 0 Å². The van der Waals surface area contributed by atoms with Crippen LogP contribution in [0.2, 0.25) is 0 Å². The highest BCUT2D eigenvalue weighted by Gasteiger charge is 2.46. The number of imidazole rings is 1. The van der Waals surface area contributed by atoms with Gasteiger partial charge in [-0.1, -0.05) is 0 Å². The molecule has 3 rings (SSSR count). The molecule has 0 amide bonds. The summed E-state index contributed by atoms with van der Waals surface area (Å²) in [7, 11) is -9.76. The third-order valence-electron chi connectivity index (χ3n) is 4.13. The summed E-state index contributed by atoms with van der Waals surface area (Å²) < 4.78 is 39.0. The first kappa shape index (κ1) is 23.9. The Kier molecular flexibility index (Phi) is 6.95. The molecule has 2 aromatic rings. The lowest BCUT2D eigenvalue weighted by atomic mass is 10.1. The third kappa shape index (κ3) is 5.36. The molecule has 0 saturated carbocycles. The largest absolute Gasteiger partial charge is 0.480 e. The molecule has 1 aliphatic heterocycles. The van der Waals surface area contributed by atoms with Gasteiger partial charge in [-0.3, -0.25) is 18.9 Å². The molecular formula is C12H21N7O10P2. The number of anilines is 1. The Labute approximate surface area is 173 Å². The van der Waals surface area contributed by atoms with Crippen molar-refractivity contribution in [2.24, 2.45) is 5.73 Å². The molecule has 1 fully saturated rings. The number of ether oxygens (including phenoxy) is 1. The summed E-state index contributed by atoms with van der Waals surface area (Å²) >= 11 is 0. The fourth-order valence-corrected chi connectivity index (χ4v) is 5.08. The van der Waals surface area contributed by atoms with E-state index in [2.05, 4.69) is 23.8 Å². The van der Waals surface area contributed by atoms with Gasteiger partial charge in [0, 0.05) is 13.1 Å². The zero-order chi connectivity index (χ0) is 23.0. The van der Waals surface area contributed by atoms with Crippen LogP contribution in [-0.4, -0.2) is 77.5 Å². The summed E-state index contributed by atoms with van der Waals surface area (Å²) in [5.41, 5.74) is 9.89. The van der Waals surface area contributed by atoms with Crippen molar-refractivity contribution >= 4 is 32.7 Å². The van der Waals surface area contributed by atoms with Gasteiger partial charge in [-0.25, -0.2) is 19.2 Å². The fourth-order valence-electron chi connectivity index (χ4n) is 2.79. The van der Waals surface area contributed by atoms with Crippen molar-refractivity contribution in [3.8, 4) is 0 Å². The van der Waals surface area contributed by atoms with Crippen LogP contribution in [0.15, 0.2) is 11.1 Å². The van der Waals surface area contributed by atoms with Crippen molar-refractivity contribution in [1.82, 2.24) is 24.6 Å². The summed E-state index contributed by atoms with van der Waals surface area (Å²) in [4.78, 5) is 41.0. The highest BCUT2D eigenvalue weighted by molar-refractivity contribution is 7.62. The molecule has 0 radical (unpaired) electrons. The number of aromatic nitrogens is 4. The van der Waals surface area contributed by atoms with Crippen LogP contribution in [-0.2, 0) is 22.7 Å². The Hall–Kier alpha value is -1.75. The second-order valence-corrected chi connectivity index (χ2v) is 9.59. The molecule has 0 spiro atoms. The number of nitrogens with two attached hydrogens (primary N) is 2. The molecule has 6 unspecified atom stereocenters. The van der Waals surface area contributed by atoms with Crippen LogP contribution in [0.1, 0.15) is 6.23 Å². The number of aromatic amines is 1. The third-order valence-corrected chi connectivity index (χ3v) is 6.94. The predicted octanol–water partition coefficient (Wildman–Crippen LogP) is -2.90. The van der Waals surface area contributed by atoms with Gasteiger partial charge in [-0.05, 0) is 0 Å². The van der Waals surface area contributed by atoms with E-state index in [0.717, 1.165) is 10.9 Å². The number of rotatable bonds is 9. The molecule has 1 saturated heterocycles. The van der Waals surface area contributed by atoms with Crippen molar-refractivity contribution in [2.45, 2.75) is 24.5 Å². The Morgan fingerprint density at radius 2 is 2.03 bits per heavy atom. The topological polar surface area (TPSA) is 270 Å². The summed E-state index contributed by atoms with van der Waals surface area (Å²) in [5.74, 6) is -0.220. The number of hydrogen-bond acceptors (Lipinski definition) is 12. The lowest BCUT2D eigenvalue weighted by molar-refractivity contribution is -0.0502. The van der Waals surface area contributed by atoms with Gasteiger partial charge in [-0.2, -0.15) is 9.29 Å². The Morgan fingerprint density at radius 3 is 2.71 bits per heavy atom. The highest BCUT2D eigenvalue weighted by atomic mass is 31.3. The van der Waals surface area contributed by atoms with Crippen molar-refractivity contribution in [1.29, 1.82) is 0 Å². The standard InChI is InChI=1S/C12H21N7O10P2/c13-1-2-16-30(23,24)29-31(25,26)27-3-5-7(20)8(21)11(28-5)19-4-15-6-9(19)17-12(14)18-10(6)22/h4-5,7-8,11,20-21H,1-3,13H2,(H,25,26)(H2,16,23,24)(H3,14,17,18,22). The van der Waals surface area contributed by atoms with E-state index in [4.69, 9.17) is 16.2 Å². The molecule has 10 N–H and O–H groups in total. The van der Waals surface area contributed by atoms with E-state index in [9.17, 15) is 33.9 Å². The van der Waals surface area contributed by atoms with E-state index in [0.29, 0.717) is 0 Å². The predicted molar refractivity (Wildman–Crippen MR) is 102 cm³/mol. The van der Waals surface area contributed by atoms with Gasteiger partial charge in [0.1, 0.15) is 18.3 Å². The molecule has 31 heavy (non-hydrogen) atoms. The van der Waals surface area contributed by atoms with Crippen LogP contribution in [0.25, 0.3) is 11.2 Å². The first-order chi connectivity index (χ1) is 14.4. The molecule has 17 nitrogen and oxygen atoms in total. The second kappa shape index (κ2) is 9.01. The first-order valence-corrected chi connectivity index (χ1v) is 11.7. The molecule has 0 bridgehead atoms.